The van der Waals surface area contributed by atoms with E-state index in [1.807, 2.05) is 31.7 Å². The second-order valence-electron chi connectivity index (χ2n) is 10.2. The molecule has 1 aromatic carbocycles. The van der Waals surface area contributed by atoms with E-state index in [9.17, 15) is 14.0 Å². The number of rotatable bonds is 10. The quantitative estimate of drug-likeness (QED) is 0.424. The summed E-state index contributed by atoms with van der Waals surface area (Å²) in [4.78, 5) is 32.8. The van der Waals surface area contributed by atoms with Crippen LogP contribution < -0.4 is 5.32 Å². The van der Waals surface area contributed by atoms with Crippen LogP contribution in [0.25, 0.3) is 0 Å². The Kier molecular flexibility index (Phi) is 11.3. The van der Waals surface area contributed by atoms with Crippen LogP contribution in [0, 0.1) is 12.7 Å². The van der Waals surface area contributed by atoms with Crippen LogP contribution in [0.4, 0.5) is 4.39 Å². The van der Waals surface area contributed by atoms with Gasteiger partial charge in [-0.3, -0.25) is 9.59 Å². The minimum Gasteiger partial charge on any atom is -0.352 e. The van der Waals surface area contributed by atoms with Gasteiger partial charge in [0.05, 0.1) is 18.3 Å². The Labute approximate surface area is 227 Å². The SMILES string of the molecule is CC.CCCC1CC(n2c(C)nc3c2CCN(C(=O)CC)C3)CCN1CCC(NC=O)c1cccc(F)c1. The zero-order chi connectivity index (χ0) is 27.7. The van der Waals surface area contributed by atoms with Crippen molar-refractivity contribution in [2.45, 2.75) is 104 Å². The summed E-state index contributed by atoms with van der Waals surface area (Å²) in [6.45, 7) is 13.5. The van der Waals surface area contributed by atoms with Gasteiger partial charge < -0.3 is 19.7 Å². The first kappa shape index (κ1) is 29.8. The van der Waals surface area contributed by atoms with Gasteiger partial charge in [0.15, 0.2) is 0 Å². The summed E-state index contributed by atoms with van der Waals surface area (Å²) in [6.07, 6.45) is 7.22. The van der Waals surface area contributed by atoms with Gasteiger partial charge in [-0.2, -0.15) is 0 Å². The highest BCUT2D eigenvalue weighted by Crippen LogP contribution is 2.34. The Morgan fingerprint density at radius 2 is 2.05 bits per heavy atom. The van der Waals surface area contributed by atoms with Gasteiger partial charge in [0.2, 0.25) is 12.3 Å². The first-order chi connectivity index (χ1) is 18.4. The minimum atomic E-state index is -0.281. The Bertz CT molecular complexity index is 1060. The van der Waals surface area contributed by atoms with E-state index in [2.05, 4.69) is 28.6 Å². The molecule has 38 heavy (non-hydrogen) atoms. The summed E-state index contributed by atoms with van der Waals surface area (Å²) in [7, 11) is 0. The fraction of sp³-hybridized carbons (Fsp3) is 0.633. The topological polar surface area (TPSA) is 70.5 Å². The molecule has 1 fully saturated rings. The number of benzene rings is 1. The van der Waals surface area contributed by atoms with Gasteiger partial charge in [0.1, 0.15) is 11.6 Å². The van der Waals surface area contributed by atoms with Crippen LogP contribution in [-0.4, -0.2) is 57.3 Å². The number of aromatic nitrogens is 2. The Hall–Kier alpha value is -2.74. The van der Waals surface area contributed by atoms with E-state index >= 15 is 0 Å². The number of piperidine rings is 1. The molecule has 2 aliphatic heterocycles. The average Bonchev–Trinajstić information content (AvgIpc) is 3.27. The number of fused-ring (bicyclic) bond motifs is 1. The van der Waals surface area contributed by atoms with E-state index in [1.54, 1.807) is 6.07 Å². The van der Waals surface area contributed by atoms with Crippen LogP contribution in [0.5, 0.6) is 0 Å². The summed E-state index contributed by atoms with van der Waals surface area (Å²) in [5, 5.41) is 2.89. The van der Waals surface area contributed by atoms with Crippen LogP contribution in [0.3, 0.4) is 0 Å². The van der Waals surface area contributed by atoms with Crippen molar-refractivity contribution >= 4 is 12.3 Å². The molecule has 2 amide bonds. The zero-order valence-electron chi connectivity index (χ0n) is 23.9. The van der Waals surface area contributed by atoms with Crippen molar-refractivity contribution in [2.24, 2.45) is 0 Å². The molecule has 0 spiro atoms. The molecule has 1 aromatic heterocycles. The molecule has 8 heteroatoms. The third-order valence-corrected chi connectivity index (χ3v) is 7.91. The molecule has 2 aromatic rings. The molecule has 3 atom stereocenters. The van der Waals surface area contributed by atoms with Gasteiger partial charge in [0.25, 0.3) is 0 Å². The maximum Gasteiger partial charge on any atom is 0.222 e. The summed E-state index contributed by atoms with van der Waals surface area (Å²) < 4.78 is 16.2. The highest BCUT2D eigenvalue weighted by atomic mass is 19.1. The third kappa shape index (κ3) is 7.01. The molecule has 1 saturated heterocycles. The molecule has 0 saturated carbocycles. The summed E-state index contributed by atoms with van der Waals surface area (Å²) >= 11 is 0. The molecule has 210 valence electrons. The number of nitrogens with one attached hydrogen (secondary N) is 1. The van der Waals surface area contributed by atoms with Crippen molar-refractivity contribution in [1.82, 2.24) is 24.7 Å². The predicted molar refractivity (Wildman–Crippen MR) is 149 cm³/mol. The first-order valence-electron chi connectivity index (χ1n) is 14.5. The molecular weight excluding hydrogens is 481 g/mol. The van der Waals surface area contributed by atoms with E-state index in [0.717, 1.165) is 75.2 Å². The number of hydrogen-bond donors (Lipinski definition) is 1. The number of amides is 2. The molecule has 1 N–H and O–H groups in total. The number of hydrogen-bond acceptors (Lipinski definition) is 4. The van der Waals surface area contributed by atoms with Crippen LogP contribution in [0.15, 0.2) is 24.3 Å². The number of aryl methyl sites for hydroxylation is 1. The van der Waals surface area contributed by atoms with Gasteiger partial charge in [-0.05, 0) is 50.3 Å². The average molecular weight is 528 g/mol. The molecule has 0 radical (unpaired) electrons. The van der Waals surface area contributed by atoms with E-state index in [1.165, 1.54) is 17.8 Å². The lowest BCUT2D eigenvalue weighted by Gasteiger charge is -2.41. The Morgan fingerprint density at radius 3 is 2.74 bits per heavy atom. The highest BCUT2D eigenvalue weighted by molar-refractivity contribution is 5.76. The summed E-state index contributed by atoms with van der Waals surface area (Å²) in [6, 6.07) is 7.18. The highest BCUT2D eigenvalue weighted by Gasteiger charge is 2.33. The van der Waals surface area contributed by atoms with Crippen molar-refractivity contribution in [3.63, 3.8) is 0 Å². The van der Waals surface area contributed by atoms with Crippen LogP contribution >= 0.6 is 0 Å². The largest absolute Gasteiger partial charge is 0.352 e. The first-order valence-corrected chi connectivity index (χ1v) is 14.5. The van der Waals surface area contributed by atoms with Crippen molar-refractivity contribution in [3.8, 4) is 0 Å². The fourth-order valence-corrected chi connectivity index (χ4v) is 6.15. The van der Waals surface area contributed by atoms with Crippen LogP contribution in [-0.2, 0) is 22.6 Å². The van der Waals surface area contributed by atoms with Crippen molar-refractivity contribution in [3.05, 3.63) is 52.9 Å². The molecule has 0 aliphatic carbocycles. The number of imidazole rings is 1. The summed E-state index contributed by atoms with van der Waals surface area (Å²) in [5.41, 5.74) is 3.18. The van der Waals surface area contributed by atoms with Gasteiger partial charge in [0, 0.05) is 50.3 Å². The van der Waals surface area contributed by atoms with Crippen molar-refractivity contribution < 1.29 is 14.0 Å². The second-order valence-corrected chi connectivity index (χ2v) is 10.2. The number of halogens is 1. The molecule has 4 rings (SSSR count). The van der Waals surface area contributed by atoms with E-state index in [0.29, 0.717) is 31.5 Å². The lowest BCUT2D eigenvalue weighted by Crippen LogP contribution is -2.45. The van der Waals surface area contributed by atoms with Crippen LogP contribution in [0.2, 0.25) is 0 Å². The lowest BCUT2D eigenvalue weighted by atomic mass is 9.92. The third-order valence-electron chi connectivity index (χ3n) is 7.91. The lowest BCUT2D eigenvalue weighted by molar-refractivity contribution is -0.131. The van der Waals surface area contributed by atoms with Crippen molar-refractivity contribution in [1.29, 1.82) is 0 Å². The van der Waals surface area contributed by atoms with E-state index in [4.69, 9.17) is 4.98 Å². The minimum absolute atomic E-state index is 0.199. The zero-order valence-corrected chi connectivity index (χ0v) is 23.9. The van der Waals surface area contributed by atoms with Gasteiger partial charge in [-0.25, -0.2) is 9.37 Å². The van der Waals surface area contributed by atoms with Crippen LogP contribution in [0.1, 0.15) is 101 Å². The maximum absolute atomic E-state index is 13.8. The fourth-order valence-electron chi connectivity index (χ4n) is 6.15. The second kappa shape index (κ2) is 14.4. The monoisotopic (exact) mass is 527 g/mol. The number of carbonyl (C=O) groups is 2. The molecular formula is C30H46FN5O2. The Morgan fingerprint density at radius 1 is 1.26 bits per heavy atom. The molecule has 0 bridgehead atoms. The van der Waals surface area contributed by atoms with Gasteiger partial charge in [-0.15, -0.1) is 0 Å². The van der Waals surface area contributed by atoms with E-state index < -0.39 is 0 Å². The standard InChI is InChI=1S/C28H40FN5O2.C2H6/c1-4-7-23-17-24(34-20(3)31-26-18-33(28(36)5-2)15-12-27(26)34)10-13-32(23)14-11-25(30-19-35)21-8-6-9-22(29)16-21;1-2/h6,8-9,16,19,23-25H,4-5,7,10-15,17-18H2,1-3H3,(H,30,35);1-2H3. The number of nitrogens with zero attached hydrogens (tertiary/aromatic N) is 4. The number of likely N-dealkylation sites (tertiary alicyclic amines) is 1. The molecule has 7 nitrogen and oxygen atoms in total. The Balaban J connectivity index is 0.00000195. The molecule has 3 unspecified atom stereocenters. The molecule has 3 heterocycles. The van der Waals surface area contributed by atoms with Gasteiger partial charge >= 0.3 is 0 Å². The normalized spacial score (nSPS) is 20.2. The number of carbonyl (C=O) groups excluding carboxylic acids is 2. The summed E-state index contributed by atoms with van der Waals surface area (Å²) in [5.74, 6) is 0.974. The predicted octanol–water partition coefficient (Wildman–Crippen LogP) is 5.33. The van der Waals surface area contributed by atoms with Crippen molar-refractivity contribution in [2.75, 3.05) is 19.6 Å². The maximum atomic E-state index is 13.8. The molecule has 2 aliphatic rings. The van der Waals surface area contributed by atoms with Gasteiger partial charge in [-0.1, -0.05) is 46.2 Å². The smallest absolute Gasteiger partial charge is 0.222 e. The van der Waals surface area contributed by atoms with E-state index in [-0.39, 0.29) is 17.8 Å².